The molecule has 2 saturated heterocycles. The van der Waals surface area contributed by atoms with Crippen molar-refractivity contribution in [2.45, 2.75) is 65.7 Å². The summed E-state index contributed by atoms with van der Waals surface area (Å²) >= 11 is 14.1. The van der Waals surface area contributed by atoms with Gasteiger partial charge in [0.05, 0.1) is 23.9 Å². The summed E-state index contributed by atoms with van der Waals surface area (Å²) in [4.78, 5) is 56.2. The first-order chi connectivity index (χ1) is 27.8. The van der Waals surface area contributed by atoms with Crippen LogP contribution in [0.2, 0.25) is 0 Å². The number of hydrogen-bond acceptors (Lipinski definition) is 8. The van der Waals surface area contributed by atoms with Gasteiger partial charge in [-0.25, -0.2) is 0 Å². The fraction of sp³-hybridized carbons (Fsp3) is 0.348. The van der Waals surface area contributed by atoms with Crippen molar-refractivity contribution in [1.82, 2.24) is 20.4 Å². The quantitative estimate of drug-likeness (QED) is 0.136. The highest BCUT2D eigenvalue weighted by Crippen LogP contribution is 2.35. The molecule has 304 valence electrons. The number of thiocarbonyl (C=S) groups is 2. The SMILES string of the molecule is CC(C)[C@H]1CSC(=S)N1C(=O)[C@H](C)[C@H](NC(=O)c1ccccc1)c1ccccc1.CC(C)[C@H]1CSC(=S)N1C(=O)[C@H](C)[C@H](NC(=O)c1ccccc1)c1ccccc1. The largest absolute Gasteiger partial charge is 0.344 e. The van der Waals surface area contributed by atoms with Crippen LogP contribution >= 0.6 is 48.0 Å². The van der Waals surface area contributed by atoms with Gasteiger partial charge in [0.15, 0.2) is 0 Å². The van der Waals surface area contributed by atoms with E-state index in [9.17, 15) is 19.2 Å². The molecule has 0 radical (unpaired) electrons. The van der Waals surface area contributed by atoms with Crippen LogP contribution in [0.5, 0.6) is 0 Å². The molecule has 8 nitrogen and oxygen atoms in total. The summed E-state index contributed by atoms with van der Waals surface area (Å²) in [7, 11) is 0. The second-order valence-electron chi connectivity index (χ2n) is 15.2. The molecular formula is C46H52N4O4S4. The number of nitrogens with zero attached hydrogens (tertiary/aromatic N) is 2. The van der Waals surface area contributed by atoms with E-state index < -0.39 is 23.9 Å². The maximum Gasteiger partial charge on any atom is 0.251 e. The van der Waals surface area contributed by atoms with E-state index in [4.69, 9.17) is 24.4 Å². The van der Waals surface area contributed by atoms with Gasteiger partial charge in [0.25, 0.3) is 11.8 Å². The van der Waals surface area contributed by atoms with E-state index in [-0.39, 0.29) is 35.7 Å². The Morgan fingerprint density at radius 3 is 1.10 bits per heavy atom. The molecule has 2 N–H and O–H groups in total. The second-order valence-corrected chi connectivity index (χ2v) is 18.5. The number of nitrogens with one attached hydrogen (secondary N) is 2. The molecule has 0 bridgehead atoms. The lowest BCUT2D eigenvalue weighted by Gasteiger charge is -2.32. The van der Waals surface area contributed by atoms with Gasteiger partial charge in [-0.3, -0.25) is 29.0 Å². The number of carbonyl (C=O) groups is 4. The fourth-order valence-electron chi connectivity index (χ4n) is 7.03. The molecule has 12 heteroatoms. The Hall–Kier alpha value is -4.36. The Morgan fingerprint density at radius 1 is 0.517 bits per heavy atom. The van der Waals surface area contributed by atoms with Crippen molar-refractivity contribution in [2.24, 2.45) is 23.7 Å². The average molecular weight is 853 g/mol. The molecule has 6 atom stereocenters. The summed E-state index contributed by atoms with van der Waals surface area (Å²) in [6, 6.07) is 36.7. The highest BCUT2D eigenvalue weighted by atomic mass is 32.2. The summed E-state index contributed by atoms with van der Waals surface area (Å²) < 4.78 is 1.25. The molecule has 2 aliphatic rings. The Labute approximate surface area is 362 Å². The van der Waals surface area contributed by atoms with Crippen LogP contribution in [0.25, 0.3) is 0 Å². The zero-order valence-electron chi connectivity index (χ0n) is 33.7. The van der Waals surface area contributed by atoms with Crippen molar-refractivity contribution >= 4 is 80.2 Å². The van der Waals surface area contributed by atoms with E-state index in [0.717, 1.165) is 22.6 Å². The molecule has 2 fully saturated rings. The van der Waals surface area contributed by atoms with Gasteiger partial charge >= 0.3 is 0 Å². The van der Waals surface area contributed by atoms with Crippen LogP contribution in [0.1, 0.15) is 85.5 Å². The van der Waals surface area contributed by atoms with Crippen LogP contribution in [0.15, 0.2) is 121 Å². The number of amides is 4. The predicted octanol–water partition coefficient (Wildman–Crippen LogP) is 9.36. The molecule has 0 aliphatic carbocycles. The van der Waals surface area contributed by atoms with E-state index in [1.165, 1.54) is 0 Å². The first-order valence-electron chi connectivity index (χ1n) is 19.6. The Balaban J connectivity index is 0.000000221. The molecule has 4 amide bonds. The number of hydrogen-bond donors (Lipinski definition) is 2. The molecule has 6 rings (SSSR count). The second kappa shape index (κ2) is 21.1. The van der Waals surface area contributed by atoms with Crippen molar-refractivity contribution < 1.29 is 19.2 Å². The van der Waals surface area contributed by atoms with Gasteiger partial charge in [-0.15, -0.1) is 0 Å². The van der Waals surface area contributed by atoms with Gasteiger partial charge in [-0.1, -0.05) is 187 Å². The van der Waals surface area contributed by atoms with Crippen molar-refractivity contribution in [3.05, 3.63) is 144 Å². The van der Waals surface area contributed by atoms with Crippen LogP contribution in [-0.4, -0.2) is 65.7 Å². The number of rotatable bonds is 12. The maximum atomic E-state index is 13.5. The summed E-state index contributed by atoms with van der Waals surface area (Å²) in [5.74, 6) is 0.882. The minimum Gasteiger partial charge on any atom is -0.344 e. The summed E-state index contributed by atoms with van der Waals surface area (Å²) in [6.07, 6.45) is 0. The van der Waals surface area contributed by atoms with Gasteiger partial charge in [0.1, 0.15) is 8.64 Å². The highest BCUT2D eigenvalue weighted by Gasteiger charge is 2.41. The molecule has 2 aliphatic heterocycles. The Bertz CT molecular complexity index is 1890. The Kier molecular flexibility index (Phi) is 16.2. The lowest BCUT2D eigenvalue weighted by Crippen LogP contribution is -2.47. The van der Waals surface area contributed by atoms with E-state index in [1.54, 1.807) is 57.6 Å². The molecule has 4 aromatic carbocycles. The first-order valence-corrected chi connectivity index (χ1v) is 22.4. The van der Waals surface area contributed by atoms with Crippen molar-refractivity contribution in [2.75, 3.05) is 11.5 Å². The monoisotopic (exact) mass is 852 g/mol. The molecular weight excluding hydrogens is 801 g/mol. The van der Waals surface area contributed by atoms with Crippen LogP contribution in [-0.2, 0) is 9.59 Å². The Morgan fingerprint density at radius 2 is 0.810 bits per heavy atom. The smallest absolute Gasteiger partial charge is 0.251 e. The predicted molar refractivity (Wildman–Crippen MR) is 246 cm³/mol. The minimum atomic E-state index is -0.456. The third-order valence-corrected chi connectivity index (χ3v) is 13.6. The summed E-state index contributed by atoms with van der Waals surface area (Å²) in [5.41, 5.74) is 2.94. The third-order valence-electron chi connectivity index (χ3n) is 10.6. The topological polar surface area (TPSA) is 98.8 Å². The first kappa shape index (κ1) is 44.7. The van der Waals surface area contributed by atoms with Crippen molar-refractivity contribution in [3.63, 3.8) is 0 Å². The van der Waals surface area contributed by atoms with E-state index in [2.05, 4.69) is 38.3 Å². The van der Waals surface area contributed by atoms with Crippen molar-refractivity contribution in [1.29, 1.82) is 0 Å². The van der Waals surface area contributed by atoms with E-state index in [1.807, 2.05) is 111 Å². The van der Waals surface area contributed by atoms with Gasteiger partial charge in [-0.2, -0.15) is 0 Å². The summed E-state index contributed by atoms with van der Waals surface area (Å²) in [6.45, 7) is 12.2. The molecule has 0 saturated carbocycles. The zero-order valence-corrected chi connectivity index (χ0v) is 37.0. The number of benzene rings is 4. The maximum absolute atomic E-state index is 13.5. The van der Waals surface area contributed by atoms with E-state index in [0.29, 0.717) is 31.6 Å². The molecule has 0 unspecified atom stereocenters. The van der Waals surface area contributed by atoms with Gasteiger partial charge < -0.3 is 10.6 Å². The minimum absolute atomic E-state index is 0.0408. The van der Waals surface area contributed by atoms with Gasteiger partial charge in [0.2, 0.25) is 11.8 Å². The van der Waals surface area contributed by atoms with Crippen LogP contribution in [0, 0.1) is 23.7 Å². The lowest BCUT2D eigenvalue weighted by atomic mass is 9.91. The lowest BCUT2D eigenvalue weighted by molar-refractivity contribution is -0.134. The van der Waals surface area contributed by atoms with Crippen LogP contribution < -0.4 is 10.6 Å². The van der Waals surface area contributed by atoms with E-state index >= 15 is 0 Å². The number of thioether (sulfide) groups is 2. The molecule has 0 aromatic heterocycles. The van der Waals surface area contributed by atoms with Gasteiger partial charge in [0, 0.05) is 34.7 Å². The number of carbonyl (C=O) groups excluding carboxylic acids is 4. The molecule has 2 heterocycles. The standard InChI is InChI=1S/2C23H26N2O2S2/c2*1-15(2)19-14-29-23(28)25(19)22(27)16(3)20(17-10-6-4-7-11-17)24-21(26)18-12-8-5-9-13-18/h2*4-13,15-16,19-20H,14H2,1-3H3,(H,24,26)/t2*16-,19-,20+/m11/s1. The summed E-state index contributed by atoms with van der Waals surface area (Å²) in [5, 5.41) is 6.15. The average Bonchev–Trinajstić information content (AvgIpc) is 3.84. The fourth-order valence-corrected chi connectivity index (χ4v) is 10.3. The molecule has 4 aromatic rings. The zero-order chi connectivity index (χ0) is 41.9. The van der Waals surface area contributed by atoms with Gasteiger partial charge in [-0.05, 0) is 47.2 Å². The third kappa shape index (κ3) is 11.0. The van der Waals surface area contributed by atoms with Crippen LogP contribution in [0.3, 0.4) is 0 Å². The van der Waals surface area contributed by atoms with Crippen molar-refractivity contribution in [3.8, 4) is 0 Å². The molecule has 0 spiro atoms. The highest BCUT2D eigenvalue weighted by molar-refractivity contribution is 8.23. The molecule has 58 heavy (non-hydrogen) atoms. The van der Waals surface area contributed by atoms with Crippen LogP contribution in [0.4, 0.5) is 0 Å². The normalized spacial score (nSPS) is 18.6.